The number of hydrogen-bond acceptors (Lipinski definition) is 1. The maximum absolute atomic E-state index is 3.68. The number of aryl methyl sites for hydroxylation is 1. The highest BCUT2D eigenvalue weighted by atomic mass is 14.9. The largest absolute Gasteiger partial charge is 0.310 e. The zero-order valence-corrected chi connectivity index (χ0v) is 11.8. The molecule has 96 valence electrons. The maximum atomic E-state index is 3.68. The van der Waals surface area contributed by atoms with E-state index in [0.29, 0.717) is 6.04 Å². The fourth-order valence-electron chi connectivity index (χ4n) is 2.16. The molecule has 0 bridgehead atoms. The van der Waals surface area contributed by atoms with Crippen molar-refractivity contribution in [2.45, 2.75) is 53.0 Å². The van der Waals surface area contributed by atoms with Crippen molar-refractivity contribution in [2.75, 3.05) is 6.54 Å². The van der Waals surface area contributed by atoms with Gasteiger partial charge in [-0.3, -0.25) is 0 Å². The minimum absolute atomic E-state index is 0.526. The van der Waals surface area contributed by atoms with Gasteiger partial charge in [0.05, 0.1) is 0 Å². The summed E-state index contributed by atoms with van der Waals surface area (Å²) in [5.74, 6) is 0.782. The Kier molecular flexibility index (Phi) is 6.28. The van der Waals surface area contributed by atoms with Gasteiger partial charge < -0.3 is 5.32 Å². The van der Waals surface area contributed by atoms with E-state index in [2.05, 4.69) is 57.3 Å². The second-order valence-corrected chi connectivity index (χ2v) is 5.33. The highest BCUT2D eigenvalue weighted by Crippen LogP contribution is 2.23. The summed E-state index contributed by atoms with van der Waals surface area (Å²) >= 11 is 0. The molecule has 0 heterocycles. The van der Waals surface area contributed by atoms with Crippen LogP contribution in [-0.2, 0) is 0 Å². The molecule has 1 aromatic carbocycles. The van der Waals surface area contributed by atoms with Crippen LogP contribution in [-0.4, -0.2) is 6.54 Å². The minimum atomic E-state index is 0.526. The lowest BCUT2D eigenvalue weighted by molar-refractivity contribution is 0.439. The van der Waals surface area contributed by atoms with Crippen LogP contribution in [0.1, 0.15) is 57.2 Å². The second-order valence-electron chi connectivity index (χ2n) is 5.33. The van der Waals surface area contributed by atoms with Crippen LogP contribution in [0.5, 0.6) is 0 Å². The van der Waals surface area contributed by atoms with Gasteiger partial charge in [0.25, 0.3) is 0 Å². The summed E-state index contributed by atoms with van der Waals surface area (Å²) in [5.41, 5.74) is 2.88. The van der Waals surface area contributed by atoms with Crippen LogP contribution in [0.4, 0.5) is 0 Å². The number of rotatable bonds is 7. The monoisotopic (exact) mass is 233 g/mol. The Labute approximate surface area is 107 Å². The van der Waals surface area contributed by atoms with Crippen LogP contribution in [0.25, 0.3) is 0 Å². The lowest BCUT2D eigenvalue weighted by Gasteiger charge is -2.21. The lowest BCUT2D eigenvalue weighted by Crippen LogP contribution is -2.23. The van der Waals surface area contributed by atoms with E-state index in [1.807, 2.05) is 0 Å². The van der Waals surface area contributed by atoms with Gasteiger partial charge in [0.15, 0.2) is 0 Å². The summed E-state index contributed by atoms with van der Waals surface area (Å²) in [7, 11) is 0. The third kappa shape index (κ3) is 4.91. The molecule has 1 nitrogen and oxygen atoms in total. The molecule has 0 radical (unpaired) electrons. The molecule has 1 aromatic rings. The molecular formula is C16H27N. The van der Waals surface area contributed by atoms with E-state index in [-0.39, 0.29) is 0 Å². The van der Waals surface area contributed by atoms with E-state index in [4.69, 9.17) is 0 Å². The Hall–Kier alpha value is -0.820. The van der Waals surface area contributed by atoms with Gasteiger partial charge in [-0.15, -0.1) is 0 Å². The molecule has 0 spiro atoms. The Balaban J connectivity index is 2.71. The molecule has 0 amide bonds. The first-order valence-corrected chi connectivity index (χ1v) is 6.94. The second kappa shape index (κ2) is 7.50. The first kappa shape index (κ1) is 14.2. The first-order valence-electron chi connectivity index (χ1n) is 6.94. The number of benzene rings is 1. The molecule has 0 fully saturated rings. The summed E-state index contributed by atoms with van der Waals surface area (Å²) in [6.45, 7) is 10.1. The molecule has 0 saturated heterocycles. The van der Waals surface area contributed by atoms with Crippen LogP contribution < -0.4 is 5.32 Å². The third-order valence-electron chi connectivity index (χ3n) is 3.24. The minimum Gasteiger partial charge on any atom is -0.310 e. The SMILES string of the molecule is CCCNC(CCC(C)C)c1ccccc1C. The molecule has 0 saturated carbocycles. The van der Waals surface area contributed by atoms with Gasteiger partial charge in [0.2, 0.25) is 0 Å². The molecule has 1 N–H and O–H groups in total. The molecule has 0 aliphatic rings. The topological polar surface area (TPSA) is 12.0 Å². The zero-order valence-electron chi connectivity index (χ0n) is 11.8. The van der Waals surface area contributed by atoms with Crippen LogP contribution in [0, 0.1) is 12.8 Å². The number of hydrogen-bond donors (Lipinski definition) is 1. The summed E-state index contributed by atoms with van der Waals surface area (Å²) in [6, 6.07) is 9.28. The standard InChI is InChI=1S/C16H27N/c1-5-12-17-16(11-10-13(2)3)15-9-7-6-8-14(15)4/h6-9,13,16-17H,5,10-12H2,1-4H3. The quantitative estimate of drug-likeness (QED) is 0.732. The Morgan fingerprint density at radius 2 is 1.82 bits per heavy atom. The molecule has 1 atom stereocenters. The summed E-state index contributed by atoms with van der Waals surface area (Å²) < 4.78 is 0. The van der Waals surface area contributed by atoms with Gasteiger partial charge in [0, 0.05) is 6.04 Å². The van der Waals surface area contributed by atoms with Gasteiger partial charge in [-0.05, 0) is 49.8 Å². The van der Waals surface area contributed by atoms with E-state index in [1.165, 1.54) is 30.4 Å². The number of nitrogens with one attached hydrogen (secondary N) is 1. The van der Waals surface area contributed by atoms with Crippen molar-refractivity contribution in [1.29, 1.82) is 0 Å². The zero-order chi connectivity index (χ0) is 12.7. The summed E-state index contributed by atoms with van der Waals surface area (Å²) in [4.78, 5) is 0. The van der Waals surface area contributed by atoms with Crippen molar-refractivity contribution in [2.24, 2.45) is 5.92 Å². The van der Waals surface area contributed by atoms with E-state index in [1.54, 1.807) is 0 Å². The molecule has 17 heavy (non-hydrogen) atoms. The smallest absolute Gasteiger partial charge is 0.0322 e. The molecular weight excluding hydrogens is 206 g/mol. The van der Waals surface area contributed by atoms with Gasteiger partial charge in [-0.1, -0.05) is 45.0 Å². The Morgan fingerprint density at radius 3 is 2.41 bits per heavy atom. The van der Waals surface area contributed by atoms with Crippen LogP contribution in [0.15, 0.2) is 24.3 Å². The van der Waals surface area contributed by atoms with Crippen LogP contribution >= 0.6 is 0 Å². The first-order chi connectivity index (χ1) is 8.15. The molecule has 0 aromatic heterocycles. The lowest BCUT2D eigenvalue weighted by atomic mass is 9.94. The maximum Gasteiger partial charge on any atom is 0.0322 e. The highest BCUT2D eigenvalue weighted by Gasteiger charge is 2.12. The summed E-state index contributed by atoms with van der Waals surface area (Å²) in [5, 5.41) is 3.68. The summed E-state index contributed by atoms with van der Waals surface area (Å²) in [6.07, 6.45) is 3.72. The Bertz CT molecular complexity index is 317. The van der Waals surface area contributed by atoms with E-state index >= 15 is 0 Å². The van der Waals surface area contributed by atoms with Crippen molar-refractivity contribution >= 4 is 0 Å². The van der Waals surface area contributed by atoms with E-state index in [9.17, 15) is 0 Å². The van der Waals surface area contributed by atoms with E-state index < -0.39 is 0 Å². The highest BCUT2D eigenvalue weighted by molar-refractivity contribution is 5.28. The molecule has 1 unspecified atom stereocenters. The van der Waals surface area contributed by atoms with E-state index in [0.717, 1.165) is 12.5 Å². The average molecular weight is 233 g/mol. The van der Waals surface area contributed by atoms with Crippen molar-refractivity contribution in [3.63, 3.8) is 0 Å². The van der Waals surface area contributed by atoms with Gasteiger partial charge >= 0.3 is 0 Å². The van der Waals surface area contributed by atoms with Crippen LogP contribution in [0.2, 0.25) is 0 Å². The van der Waals surface area contributed by atoms with Gasteiger partial charge in [0.1, 0.15) is 0 Å². The van der Waals surface area contributed by atoms with Crippen molar-refractivity contribution in [1.82, 2.24) is 5.32 Å². The molecule has 0 aliphatic carbocycles. The fourth-order valence-corrected chi connectivity index (χ4v) is 2.16. The van der Waals surface area contributed by atoms with Crippen molar-refractivity contribution in [3.05, 3.63) is 35.4 Å². The molecule has 0 aliphatic heterocycles. The van der Waals surface area contributed by atoms with Crippen LogP contribution in [0.3, 0.4) is 0 Å². The predicted molar refractivity (Wildman–Crippen MR) is 76.3 cm³/mol. The molecule has 1 heteroatoms. The molecule has 1 rings (SSSR count). The van der Waals surface area contributed by atoms with Gasteiger partial charge in [-0.25, -0.2) is 0 Å². The third-order valence-corrected chi connectivity index (χ3v) is 3.24. The van der Waals surface area contributed by atoms with Crippen molar-refractivity contribution < 1.29 is 0 Å². The fraction of sp³-hybridized carbons (Fsp3) is 0.625. The van der Waals surface area contributed by atoms with Crippen molar-refractivity contribution in [3.8, 4) is 0 Å². The predicted octanol–water partition coefficient (Wildman–Crippen LogP) is 4.47. The normalized spacial score (nSPS) is 13.0. The Morgan fingerprint density at radius 1 is 1.12 bits per heavy atom. The van der Waals surface area contributed by atoms with Gasteiger partial charge in [-0.2, -0.15) is 0 Å². The average Bonchev–Trinajstić information content (AvgIpc) is 2.30.